The molecule has 0 saturated carbocycles. The van der Waals surface area contributed by atoms with Gasteiger partial charge in [-0.3, -0.25) is 9.89 Å². The smallest absolute Gasteiger partial charge is 0.253 e. The molecule has 20 heavy (non-hydrogen) atoms. The zero-order valence-corrected chi connectivity index (χ0v) is 11.8. The SMILES string of the molecule is CC1CCNC1c1n[nH]c2[nH]c(=O)c3c(c12)CCCC3. The molecule has 1 saturated heterocycles. The second kappa shape index (κ2) is 4.45. The molecule has 106 valence electrons. The minimum atomic E-state index is 0.0647. The molecule has 2 aliphatic rings. The number of fused-ring (bicyclic) bond motifs is 3. The predicted molar refractivity (Wildman–Crippen MR) is 77.9 cm³/mol. The number of aromatic amines is 2. The molecule has 0 spiro atoms. The van der Waals surface area contributed by atoms with E-state index in [2.05, 4.69) is 27.4 Å². The summed E-state index contributed by atoms with van der Waals surface area (Å²) in [6.45, 7) is 3.31. The first kappa shape index (κ1) is 12.1. The van der Waals surface area contributed by atoms with E-state index in [9.17, 15) is 4.79 Å². The number of nitrogens with one attached hydrogen (secondary N) is 3. The molecule has 2 atom stereocenters. The lowest BCUT2D eigenvalue weighted by atomic mass is 9.88. The lowest BCUT2D eigenvalue weighted by molar-refractivity contribution is 0.494. The highest BCUT2D eigenvalue weighted by atomic mass is 16.1. The highest BCUT2D eigenvalue weighted by molar-refractivity contribution is 5.83. The van der Waals surface area contributed by atoms with Crippen molar-refractivity contribution in [2.24, 2.45) is 5.92 Å². The van der Waals surface area contributed by atoms with E-state index in [1.807, 2.05) is 0 Å². The van der Waals surface area contributed by atoms with Crippen LogP contribution >= 0.6 is 0 Å². The van der Waals surface area contributed by atoms with Gasteiger partial charge in [-0.05, 0) is 50.1 Å². The third-order valence-corrected chi connectivity index (χ3v) is 4.90. The predicted octanol–water partition coefficient (Wildman–Crippen LogP) is 1.80. The van der Waals surface area contributed by atoms with Gasteiger partial charge in [0.15, 0.2) is 0 Å². The van der Waals surface area contributed by atoms with E-state index in [0.717, 1.165) is 42.7 Å². The maximum atomic E-state index is 12.2. The highest BCUT2D eigenvalue weighted by Gasteiger charge is 2.30. The van der Waals surface area contributed by atoms with Crippen LogP contribution in [0.1, 0.15) is 49.0 Å². The summed E-state index contributed by atoms with van der Waals surface area (Å²) < 4.78 is 0. The average Bonchev–Trinajstić information content (AvgIpc) is 3.05. The number of aromatic nitrogens is 3. The molecule has 1 aliphatic heterocycles. The fraction of sp³-hybridized carbons (Fsp3) is 0.600. The topological polar surface area (TPSA) is 73.6 Å². The standard InChI is InChI=1S/C15H20N4O/c1-8-6-7-16-12(8)13-11-9-4-2-3-5-10(9)15(20)17-14(11)19-18-13/h8,12,16H,2-7H2,1H3,(H2,17,18,19,20). The van der Waals surface area contributed by atoms with E-state index >= 15 is 0 Å². The van der Waals surface area contributed by atoms with Gasteiger partial charge < -0.3 is 10.3 Å². The number of aryl methyl sites for hydroxylation is 1. The Morgan fingerprint density at radius 1 is 1.20 bits per heavy atom. The Balaban J connectivity index is 1.97. The van der Waals surface area contributed by atoms with Gasteiger partial charge in [0.1, 0.15) is 5.65 Å². The molecule has 0 bridgehead atoms. The Labute approximate surface area is 117 Å². The fourth-order valence-corrected chi connectivity index (χ4v) is 3.80. The lowest BCUT2D eigenvalue weighted by Gasteiger charge is -2.18. The number of nitrogens with zero attached hydrogens (tertiary/aromatic N) is 1. The summed E-state index contributed by atoms with van der Waals surface area (Å²) in [6, 6.07) is 0.306. The van der Waals surface area contributed by atoms with Crippen molar-refractivity contribution >= 4 is 11.0 Å². The Hall–Kier alpha value is -1.62. The molecule has 4 rings (SSSR count). The van der Waals surface area contributed by atoms with Crippen LogP contribution in [0.3, 0.4) is 0 Å². The van der Waals surface area contributed by atoms with E-state index in [0.29, 0.717) is 12.0 Å². The van der Waals surface area contributed by atoms with Crippen LogP contribution in [0.25, 0.3) is 11.0 Å². The van der Waals surface area contributed by atoms with E-state index < -0.39 is 0 Å². The van der Waals surface area contributed by atoms with Crippen LogP contribution < -0.4 is 10.9 Å². The molecule has 2 aromatic rings. The number of hydrogen-bond acceptors (Lipinski definition) is 3. The summed E-state index contributed by atoms with van der Waals surface area (Å²) in [4.78, 5) is 15.1. The molecule has 3 N–H and O–H groups in total. The van der Waals surface area contributed by atoms with Gasteiger partial charge in [0.2, 0.25) is 0 Å². The molecular weight excluding hydrogens is 252 g/mol. The third-order valence-electron chi connectivity index (χ3n) is 4.90. The molecule has 1 aliphatic carbocycles. The third kappa shape index (κ3) is 1.66. The van der Waals surface area contributed by atoms with Crippen LogP contribution in [0, 0.1) is 5.92 Å². The van der Waals surface area contributed by atoms with Gasteiger partial charge in [-0.1, -0.05) is 6.92 Å². The van der Waals surface area contributed by atoms with Crippen molar-refractivity contribution in [3.05, 3.63) is 27.2 Å². The molecule has 2 unspecified atom stereocenters. The van der Waals surface area contributed by atoms with Crippen molar-refractivity contribution in [3.8, 4) is 0 Å². The quantitative estimate of drug-likeness (QED) is 0.741. The van der Waals surface area contributed by atoms with Gasteiger partial charge in [-0.25, -0.2) is 0 Å². The monoisotopic (exact) mass is 272 g/mol. The van der Waals surface area contributed by atoms with Crippen LogP contribution in [-0.4, -0.2) is 21.7 Å². The van der Waals surface area contributed by atoms with Crippen LogP contribution in [0.5, 0.6) is 0 Å². The minimum Gasteiger partial charge on any atom is -0.308 e. The number of pyridine rings is 1. The molecule has 0 amide bonds. The summed E-state index contributed by atoms with van der Waals surface area (Å²) in [6.07, 6.45) is 5.38. The molecule has 0 radical (unpaired) electrons. The second-order valence-electron chi connectivity index (χ2n) is 6.17. The molecule has 1 fully saturated rings. The van der Waals surface area contributed by atoms with Crippen LogP contribution in [0.15, 0.2) is 4.79 Å². The molecule has 0 aromatic carbocycles. The summed E-state index contributed by atoms with van der Waals surface area (Å²) in [5.41, 5.74) is 4.18. The highest BCUT2D eigenvalue weighted by Crippen LogP contribution is 2.35. The Bertz CT molecular complexity index is 714. The number of hydrogen-bond donors (Lipinski definition) is 3. The van der Waals surface area contributed by atoms with Crippen molar-refractivity contribution in [3.63, 3.8) is 0 Å². The largest absolute Gasteiger partial charge is 0.308 e. The van der Waals surface area contributed by atoms with Crippen LogP contribution in [0.4, 0.5) is 0 Å². The second-order valence-corrected chi connectivity index (χ2v) is 6.17. The number of H-pyrrole nitrogens is 2. The summed E-state index contributed by atoms with van der Waals surface area (Å²) in [5.74, 6) is 0.590. The summed E-state index contributed by atoms with van der Waals surface area (Å²) in [5, 5.41) is 12.3. The van der Waals surface area contributed by atoms with Gasteiger partial charge in [0, 0.05) is 10.9 Å². The first-order chi connectivity index (χ1) is 9.75. The normalized spacial score (nSPS) is 26.1. The first-order valence-corrected chi connectivity index (χ1v) is 7.61. The maximum Gasteiger partial charge on any atom is 0.253 e. The van der Waals surface area contributed by atoms with Crippen LogP contribution in [0.2, 0.25) is 0 Å². The molecule has 3 heterocycles. The van der Waals surface area contributed by atoms with E-state index in [1.54, 1.807) is 0 Å². The van der Waals surface area contributed by atoms with Crippen molar-refractivity contribution in [1.29, 1.82) is 0 Å². The Morgan fingerprint density at radius 3 is 2.75 bits per heavy atom. The zero-order valence-electron chi connectivity index (χ0n) is 11.8. The van der Waals surface area contributed by atoms with E-state index in [4.69, 9.17) is 0 Å². The Morgan fingerprint density at radius 2 is 2.00 bits per heavy atom. The zero-order chi connectivity index (χ0) is 13.7. The van der Waals surface area contributed by atoms with Gasteiger partial charge in [0.05, 0.1) is 11.7 Å². The fourth-order valence-electron chi connectivity index (χ4n) is 3.80. The van der Waals surface area contributed by atoms with Crippen molar-refractivity contribution < 1.29 is 0 Å². The summed E-state index contributed by atoms with van der Waals surface area (Å²) >= 11 is 0. The average molecular weight is 272 g/mol. The van der Waals surface area contributed by atoms with Crippen molar-refractivity contribution in [2.45, 2.75) is 45.1 Å². The van der Waals surface area contributed by atoms with Gasteiger partial charge in [-0.2, -0.15) is 5.10 Å². The molecular formula is C15H20N4O. The minimum absolute atomic E-state index is 0.0647. The molecule has 5 nitrogen and oxygen atoms in total. The van der Waals surface area contributed by atoms with Gasteiger partial charge in [0.25, 0.3) is 5.56 Å². The van der Waals surface area contributed by atoms with Crippen molar-refractivity contribution in [2.75, 3.05) is 6.54 Å². The number of rotatable bonds is 1. The first-order valence-electron chi connectivity index (χ1n) is 7.61. The van der Waals surface area contributed by atoms with Gasteiger partial charge >= 0.3 is 0 Å². The molecule has 5 heteroatoms. The van der Waals surface area contributed by atoms with Crippen LogP contribution in [-0.2, 0) is 12.8 Å². The van der Waals surface area contributed by atoms with Gasteiger partial charge in [-0.15, -0.1) is 0 Å². The van der Waals surface area contributed by atoms with E-state index in [1.165, 1.54) is 23.8 Å². The van der Waals surface area contributed by atoms with E-state index in [-0.39, 0.29) is 5.56 Å². The summed E-state index contributed by atoms with van der Waals surface area (Å²) in [7, 11) is 0. The lowest BCUT2D eigenvalue weighted by Crippen LogP contribution is -2.21. The Kier molecular flexibility index (Phi) is 2.70. The van der Waals surface area contributed by atoms with Crippen molar-refractivity contribution in [1.82, 2.24) is 20.5 Å². The molecule has 2 aromatic heterocycles. The maximum absolute atomic E-state index is 12.2.